The molecule has 0 aliphatic rings. The van der Waals surface area contributed by atoms with Crippen molar-refractivity contribution in [1.82, 2.24) is 4.90 Å². The van der Waals surface area contributed by atoms with E-state index in [0.717, 1.165) is 24.9 Å². The molecule has 0 saturated carbocycles. The Balaban J connectivity index is 2.69. The Morgan fingerprint density at radius 1 is 1.33 bits per heavy atom. The van der Waals surface area contributed by atoms with Gasteiger partial charge in [0, 0.05) is 30.2 Å². The molecular weight excluding hydrogens is 302 g/mol. The number of anilines is 2. The van der Waals surface area contributed by atoms with Crippen molar-refractivity contribution in [2.24, 2.45) is 4.99 Å². The van der Waals surface area contributed by atoms with Crippen LogP contribution >= 0.6 is 0 Å². The van der Waals surface area contributed by atoms with E-state index in [9.17, 15) is 4.79 Å². The molecule has 1 rings (SSSR count). The van der Waals surface area contributed by atoms with E-state index in [1.807, 2.05) is 24.3 Å². The van der Waals surface area contributed by atoms with Gasteiger partial charge in [-0.1, -0.05) is 6.92 Å². The van der Waals surface area contributed by atoms with Crippen molar-refractivity contribution in [2.45, 2.75) is 26.3 Å². The summed E-state index contributed by atoms with van der Waals surface area (Å²) in [6, 6.07) is 7.97. The maximum absolute atomic E-state index is 12.1. The van der Waals surface area contributed by atoms with Crippen LogP contribution in [0.3, 0.4) is 0 Å². The first-order chi connectivity index (χ1) is 11.4. The first kappa shape index (κ1) is 19.6. The van der Waals surface area contributed by atoms with Crippen LogP contribution in [-0.2, 0) is 4.79 Å². The summed E-state index contributed by atoms with van der Waals surface area (Å²) in [5, 5.41) is 13.5. The van der Waals surface area contributed by atoms with Gasteiger partial charge in [-0.15, -0.1) is 0 Å². The highest BCUT2D eigenvalue weighted by Gasteiger charge is 2.11. The van der Waals surface area contributed by atoms with Crippen LogP contribution in [-0.4, -0.2) is 50.4 Å². The molecule has 1 aromatic carbocycles. The van der Waals surface area contributed by atoms with E-state index in [2.05, 4.69) is 48.3 Å². The Labute approximate surface area is 144 Å². The van der Waals surface area contributed by atoms with Gasteiger partial charge in [-0.05, 0) is 58.4 Å². The quantitative estimate of drug-likeness (QED) is 0.481. The molecule has 0 bridgehead atoms. The summed E-state index contributed by atoms with van der Waals surface area (Å²) < 4.78 is 0. The Morgan fingerprint density at radius 3 is 2.38 bits per heavy atom. The van der Waals surface area contributed by atoms with Crippen molar-refractivity contribution in [2.75, 3.05) is 31.3 Å². The highest BCUT2D eigenvalue weighted by molar-refractivity contribution is 6.17. The van der Waals surface area contributed by atoms with E-state index < -0.39 is 0 Å². The fourth-order valence-electron chi connectivity index (χ4n) is 2.22. The molecule has 1 amide bonds. The van der Waals surface area contributed by atoms with E-state index in [-0.39, 0.29) is 11.5 Å². The average Bonchev–Trinajstić information content (AvgIpc) is 2.57. The molecule has 1 aromatic rings. The van der Waals surface area contributed by atoms with E-state index in [0.29, 0.717) is 17.4 Å². The molecule has 0 spiro atoms. The van der Waals surface area contributed by atoms with Crippen molar-refractivity contribution >= 4 is 30.2 Å². The molecule has 1 atom stereocenters. The molecule has 0 heterocycles. The molecule has 6 heteroatoms. The van der Waals surface area contributed by atoms with E-state index in [4.69, 9.17) is 5.41 Å². The van der Waals surface area contributed by atoms with Gasteiger partial charge < -0.3 is 20.9 Å². The lowest BCUT2D eigenvalue weighted by Gasteiger charge is -2.23. The highest BCUT2D eigenvalue weighted by Crippen LogP contribution is 2.15. The van der Waals surface area contributed by atoms with Gasteiger partial charge in [-0.2, -0.15) is 0 Å². The molecule has 3 N–H and O–H groups in total. The van der Waals surface area contributed by atoms with Crippen molar-refractivity contribution in [1.29, 1.82) is 5.41 Å². The highest BCUT2D eigenvalue weighted by atomic mass is 16.1. The van der Waals surface area contributed by atoms with Crippen LogP contribution in [0.2, 0.25) is 0 Å². The minimum Gasteiger partial charge on any atom is -0.383 e. The van der Waals surface area contributed by atoms with Crippen LogP contribution in [0, 0.1) is 5.41 Å². The third-order valence-corrected chi connectivity index (χ3v) is 3.90. The molecule has 0 aliphatic heterocycles. The second-order valence-corrected chi connectivity index (χ2v) is 5.74. The Morgan fingerprint density at radius 2 is 1.92 bits per heavy atom. The number of hydrogen-bond acceptors (Lipinski definition) is 5. The number of benzene rings is 1. The predicted molar refractivity (Wildman–Crippen MR) is 102 cm³/mol. The van der Waals surface area contributed by atoms with Crippen LogP contribution < -0.4 is 10.6 Å². The van der Waals surface area contributed by atoms with Gasteiger partial charge in [-0.25, -0.2) is 0 Å². The van der Waals surface area contributed by atoms with Crippen LogP contribution in [0.1, 0.15) is 20.3 Å². The Kier molecular flexibility index (Phi) is 7.85. The molecule has 0 radical (unpaired) electrons. The average molecular weight is 329 g/mol. The summed E-state index contributed by atoms with van der Waals surface area (Å²) in [7, 11) is 4.14. The largest absolute Gasteiger partial charge is 0.383 e. The number of amides is 1. The number of allylic oxidation sites excluding steroid dienone is 1. The fraction of sp³-hybridized carbons (Fsp3) is 0.389. The monoisotopic (exact) mass is 329 g/mol. The van der Waals surface area contributed by atoms with Gasteiger partial charge in [0.15, 0.2) is 0 Å². The minimum atomic E-state index is -0.366. The summed E-state index contributed by atoms with van der Waals surface area (Å²) >= 11 is 0. The van der Waals surface area contributed by atoms with Crippen molar-refractivity contribution in [3.63, 3.8) is 0 Å². The van der Waals surface area contributed by atoms with Crippen LogP contribution in [0.15, 0.2) is 40.5 Å². The molecule has 0 saturated heterocycles. The van der Waals surface area contributed by atoms with Gasteiger partial charge in [0.1, 0.15) is 0 Å². The fourth-order valence-corrected chi connectivity index (χ4v) is 2.22. The number of likely N-dealkylation sites (N-methyl/N-ethyl adjacent to an activating group) is 1. The molecule has 0 aliphatic carbocycles. The molecular formula is C18H27N5O. The Bertz CT molecular complexity index is 604. The van der Waals surface area contributed by atoms with Crippen molar-refractivity contribution in [3.8, 4) is 0 Å². The first-order valence-electron chi connectivity index (χ1n) is 7.92. The van der Waals surface area contributed by atoms with Crippen LogP contribution in [0.5, 0.6) is 0 Å². The van der Waals surface area contributed by atoms with Crippen molar-refractivity contribution in [3.05, 3.63) is 35.5 Å². The van der Waals surface area contributed by atoms with E-state index in [1.54, 1.807) is 6.92 Å². The van der Waals surface area contributed by atoms with Crippen molar-refractivity contribution < 1.29 is 4.79 Å². The summed E-state index contributed by atoms with van der Waals surface area (Å²) in [4.78, 5) is 18.0. The number of nitrogens with zero attached hydrogens (tertiary/aromatic N) is 2. The molecule has 130 valence electrons. The zero-order chi connectivity index (χ0) is 18.1. The molecule has 0 aromatic heterocycles. The standard InChI is InChI=1S/C18H27N5O/c1-6-16(23(4)5)12-21-14-7-9-15(10-8-14)22-18(24)17(11-19)13(2)20-3/h7-11,16,19,21H,3,6,12H2,1-2,4-5H3,(H,22,24)/b17-13+,19-11?. The number of carbonyl (C=O) groups is 1. The number of hydrogen-bond donors (Lipinski definition) is 3. The zero-order valence-corrected chi connectivity index (χ0v) is 14.9. The second-order valence-electron chi connectivity index (χ2n) is 5.74. The SMILES string of the molecule is C=N/C(C)=C(\C=N)C(=O)Nc1ccc(NCC(CC)N(C)C)cc1. The third-order valence-electron chi connectivity index (χ3n) is 3.90. The summed E-state index contributed by atoms with van der Waals surface area (Å²) in [5.74, 6) is -0.366. The van der Waals surface area contributed by atoms with Gasteiger partial charge in [0.2, 0.25) is 0 Å². The number of carbonyl (C=O) groups excluding carboxylic acids is 1. The predicted octanol–water partition coefficient (Wildman–Crippen LogP) is 3.00. The number of rotatable bonds is 9. The molecule has 1 unspecified atom stereocenters. The lowest BCUT2D eigenvalue weighted by molar-refractivity contribution is -0.112. The molecule has 24 heavy (non-hydrogen) atoms. The maximum atomic E-state index is 12.1. The first-order valence-corrected chi connectivity index (χ1v) is 7.92. The van der Waals surface area contributed by atoms with E-state index in [1.165, 1.54) is 0 Å². The summed E-state index contributed by atoms with van der Waals surface area (Å²) in [6.07, 6.45) is 2.06. The van der Waals surface area contributed by atoms with Gasteiger partial charge >= 0.3 is 0 Å². The minimum absolute atomic E-state index is 0.198. The topological polar surface area (TPSA) is 80.6 Å². The van der Waals surface area contributed by atoms with Crippen LogP contribution in [0.25, 0.3) is 0 Å². The Hall–Kier alpha value is -2.47. The summed E-state index contributed by atoms with van der Waals surface area (Å²) in [6.45, 7) is 8.06. The smallest absolute Gasteiger partial charge is 0.259 e. The second kappa shape index (κ2) is 9.62. The van der Waals surface area contributed by atoms with E-state index >= 15 is 0 Å². The lowest BCUT2D eigenvalue weighted by Crippen LogP contribution is -2.33. The zero-order valence-electron chi connectivity index (χ0n) is 14.9. The van der Waals surface area contributed by atoms with Gasteiger partial charge in [-0.3, -0.25) is 9.79 Å². The molecule has 6 nitrogen and oxygen atoms in total. The normalized spacial score (nSPS) is 13.0. The van der Waals surface area contributed by atoms with Gasteiger partial charge in [0.05, 0.1) is 11.3 Å². The van der Waals surface area contributed by atoms with Gasteiger partial charge in [0.25, 0.3) is 5.91 Å². The third kappa shape index (κ3) is 5.62. The summed E-state index contributed by atoms with van der Waals surface area (Å²) in [5.41, 5.74) is 2.29. The van der Waals surface area contributed by atoms with Crippen LogP contribution in [0.4, 0.5) is 11.4 Å². The lowest BCUT2D eigenvalue weighted by atomic mass is 10.2. The maximum Gasteiger partial charge on any atom is 0.259 e. The number of nitrogens with one attached hydrogen (secondary N) is 3. The number of aliphatic imine (C=N–C) groups is 1. The molecule has 0 fully saturated rings.